The van der Waals surface area contributed by atoms with E-state index in [1.807, 2.05) is 45.9 Å². The van der Waals surface area contributed by atoms with Gasteiger partial charge in [0.15, 0.2) is 5.78 Å². The van der Waals surface area contributed by atoms with E-state index in [1.54, 1.807) is 6.92 Å². The van der Waals surface area contributed by atoms with Crippen LogP contribution in [0.1, 0.15) is 127 Å². The van der Waals surface area contributed by atoms with Crippen LogP contribution in [-0.4, -0.2) is 51.8 Å². The number of carbonyl (C=O) groups is 2. The molecule has 9 heteroatoms. The van der Waals surface area contributed by atoms with Crippen molar-refractivity contribution in [2.75, 3.05) is 6.61 Å². The third-order valence-electron chi connectivity index (χ3n) is 12.4. The fraction of sp³-hybridized carbons (Fsp3) is 0.460. The molecule has 3 N–H and O–H groups in total. The van der Waals surface area contributed by atoms with Gasteiger partial charge in [-0.25, -0.2) is 15.0 Å². The average Bonchev–Trinajstić information content (AvgIpc) is 3.97. The lowest BCUT2D eigenvalue weighted by molar-refractivity contribution is -0.142. The molecule has 6 rings (SSSR count). The number of ether oxygens (including phenoxy) is 1. The normalized spacial score (nSPS) is 23.0. The fourth-order valence-electron chi connectivity index (χ4n) is 9.23. The second-order valence-corrected chi connectivity index (χ2v) is 16.9. The molecule has 9 nitrogen and oxygen atoms in total. The van der Waals surface area contributed by atoms with Crippen molar-refractivity contribution in [3.05, 3.63) is 126 Å². The summed E-state index contributed by atoms with van der Waals surface area (Å²) >= 11 is 0. The number of rotatable bonds is 14. The zero-order chi connectivity index (χ0) is 42.7. The number of carbonyl (C=O) groups excluding carboxylic acids is 2. The van der Waals surface area contributed by atoms with E-state index in [-0.39, 0.29) is 43.0 Å². The summed E-state index contributed by atoms with van der Waals surface area (Å²) in [5.74, 6) is -0.375. The second kappa shape index (κ2) is 18.4. The van der Waals surface area contributed by atoms with Crippen LogP contribution in [0.15, 0.2) is 141 Å². The van der Waals surface area contributed by atoms with Crippen molar-refractivity contribution in [3.63, 3.8) is 0 Å². The molecule has 1 saturated heterocycles. The maximum atomic E-state index is 13.9. The van der Waals surface area contributed by atoms with E-state index in [0.717, 1.165) is 76.9 Å². The van der Waals surface area contributed by atoms with E-state index >= 15 is 0 Å². The highest BCUT2D eigenvalue weighted by atomic mass is 16.5. The number of aliphatic hydroxyl groups excluding tert-OH is 2. The summed E-state index contributed by atoms with van der Waals surface area (Å²) < 4.78 is 5.75. The first-order valence-corrected chi connectivity index (χ1v) is 21.4. The molecule has 5 heterocycles. The number of aliphatic hydroxyl groups is 2. The number of aliphatic imine (C=N–C) groups is 3. The van der Waals surface area contributed by atoms with Gasteiger partial charge in [-0.15, -0.1) is 0 Å². The maximum Gasteiger partial charge on any atom is 0.306 e. The van der Waals surface area contributed by atoms with Gasteiger partial charge in [0.1, 0.15) is 6.61 Å². The van der Waals surface area contributed by atoms with E-state index in [2.05, 4.69) is 52.1 Å². The summed E-state index contributed by atoms with van der Waals surface area (Å²) in [7, 11) is 0. The highest BCUT2D eigenvalue weighted by Crippen LogP contribution is 2.47. The van der Waals surface area contributed by atoms with Crippen molar-refractivity contribution in [2.45, 2.75) is 133 Å². The van der Waals surface area contributed by atoms with E-state index < -0.39 is 6.10 Å². The lowest BCUT2D eigenvalue weighted by atomic mass is 9.85. The van der Waals surface area contributed by atoms with E-state index in [0.29, 0.717) is 64.5 Å². The second-order valence-electron chi connectivity index (χ2n) is 16.9. The largest absolute Gasteiger partial charge is 0.515 e. The molecule has 0 spiro atoms. The average molecular weight is 799 g/mol. The first-order chi connectivity index (χ1) is 28.2. The van der Waals surface area contributed by atoms with Gasteiger partial charge in [-0.3, -0.25) is 9.59 Å². The molecular weight excluding hydrogens is 737 g/mol. The van der Waals surface area contributed by atoms with Crippen LogP contribution in [0, 0.1) is 11.8 Å². The summed E-state index contributed by atoms with van der Waals surface area (Å²) in [4.78, 5) is 42.5. The Labute approximate surface area is 350 Å². The van der Waals surface area contributed by atoms with Gasteiger partial charge in [0.25, 0.3) is 0 Å². The Hall–Kier alpha value is -5.15. The Morgan fingerprint density at radius 2 is 1.58 bits per heavy atom. The number of fused-ring (bicyclic) bond motifs is 5. The van der Waals surface area contributed by atoms with E-state index in [9.17, 15) is 19.8 Å². The molecule has 5 aliphatic heterocycles. The van der Waals surface area contributed by atoms with Crippen LogP contribution >= 0.6 is 0 Å². The Bertz CT molecular complexity index is 2280. The van der Waals surface area contributed by atoms with Gasteiger partial charge in [0, 0.05) is 58.4 Å². The van der Waals surface area contributed by atoms with Crippen molar-refractivity contribution < 1.29 is 24.5 Å². The Morgan fingerprint density at radius 3 is 2.24 bits per heavy atom. The highest BCUT2D eigenvalue weighted by molar-refractivity contribution is 6.38. The predicted molar refractivity (Wildman–Crippen MR) is 239 cm³/mol. The monoisotopic (exact) mass is 798 g/mol. The van der Waals surface area contributed by atoms with Crippen LogP contribution < -0.4 is 5.32 Å². The highest BCUT2D eigenvalue weighted by Gasteiger charge is 2.44. The quantitative estimate of drug-likeness (QED) is 0.0910. The minimum absolute atomic E-state index is 0.0373. The molecule has 3 atom stereocenters. The summed E-state index contributed by atoms with van der Waals surface area (Å²) in [6.45, 7) is 20.7. The first-order valence-electron chi connectivity index (χ1n) is 21.4. The SMILES string of the molecule is CCC1=C2C(=O)CC3=C4NC(=C(C)C5=NC(=CC6=NC(=C(CC)/C6=C\O)C=C1N=C32)C(C(C)O)=C5C)[C@@H](C)[C@@H]4CCC(=O)OC/C=C(\C)CC/C=C(\C)CCC=C(C)C. The Morgan fingerprint density at radius 1 is 0.898 bits per heavy atom. The number of nitrogens with one attached hydrogen (secondary N) is 1. The molecule has 1 unspecified atom stereocenters. The molecule has 0 aromatic heterocycles. The van der Waals surface area contributed by atoms with Gasteiger partial charge in [-0.2, -0.15) is 0 Å². The van der Waals surface area contributed by atoms with Gasteiger partial charge >= 0.3 is 5.97 Å². The first kappa shape index (κ1) is 43.4. The number of esters is 1. The molecule has 1 saturated carbocycles. The molecule has 312 valence electrons. The van der Waals surface area contributed by atoms with Gasteiger partial charge in [0.05, 0.1) is 46.6 Å². The smallest absolute Gasteiger partial charge is 0.306 e. The van der Waals surface area contributed by atoms with Crippen LogP contribution in [0.25, 0.3) is 0 Å². The molecule has 0 aromatic rings. The van der Waals surface area contributed by atoms with Gasteiger partial charge in [-0.1, -0.05) is 49.6 Å². The van der Waals surface area contributed by atoms with Gasteiger partial charge < -0.3 is 20.3 Å². The lowest BCUT2D eigenvalue weighted by Crippen LogP contribution is -2.16. The molecular formula is C50H62N4O5. The minimum Gasteiger partial charge on any atom is -0.515 e. The van der Waals surface area contributed by atoms with Crippen molar-refractivity contribution in [3.8, 4) is 0 Å². The third-order valence-corrected chi connectivity index (χ3v) is 12.4. The third kappa shape index (κ3) is 8.91. The maximum absolute atomic E-state index is 13.9. The standard InChI is InChI=1S/C50H62N4O5/c1-11-34-38(26-55)41-25-42-45(33(10)56)31(8)48(53-42)32(9)47-30(7)36(19-20-44(58)59-22-21-29(6)18-14-17-28(5)16-13-15-27(3)4)49(54-47)37-23-43(57)46-35(12-2)40(52-50(37)46)24-39(34)51-41/h15,17,21,24-26,30,33,36,54-56H,11-14,16,18-20,22-23H2,1-10H3/b28-17+,29-21+,38-26+,40-24?,42-25?,47-32?,49-37?/t30-,33?,36-/m0/s1. The number of hydrogen-bond acceptors (Lipinski definition) is 9. The van der Waals surface area contributed by atoms with E-state index in [1.165, 1.54) is 16.7 Å². The van der Waals surface area contributed by atoms with Gasteiger partial charge in [0.2, 0.25) is 0 Å². The summed E-state index contributed by atoms with van der Waals surface area (Å²) in [5.41, 5.74) is 16.1. The van der Waals surface area contributed by atoms with Crippen molar-refractivity contribution in [1.29, 1.82) is 0 Å². The zero-order valence-corrected chi connectivity index (χ0v) is 36.7. The number of ketones is 1. The summed E-state index contributed by atoms with van der Waals surface area (Å²) in [6.07, 6.45) is 16.9. The molecule has 0 radical (unpaired) electrons. The summed E-state index contributed by atoms with van der Waals surface area (Å²) in [6, 6.07) is 0. The molecule has 1 aliphatic carbocycles. The fourth-order valence-corrected chi connectivity index (χ4v) is 9.23. The molecule has 0 aromatic carbocycles. The molecule has 6 aliphatic rings. The summed E-state index contributed by atoms with van der Waals surface area (Å²) in [5, 5.41) is 25.3. The Kier molecular flexibility index (Phi) is 13.6. The molecule has 59 heavy (non-hydrogen) atoms. The topological polar surface area (TPSA) is 133 Å². The van der Waals surface area contributed by atoms with Crippen molar-refractivity contribution in [1.82, 2.24) is 5.32 Å². The molecule has 0 amide bonds. The zero-order valence-electron chi connectivity index (χ0n) is 36.7. The van der Waals surface area contributed by atoms with Crippen LogP contribution in [-0.2, 0) is 14.3 Å². The lowest BCUT2D eigenvalue weighted by Gasteiger charge is -2.17. The number of Topliss-reactive ketones (excluding diaryl/α,β-unsaturated/α-hetero) is 1. The van der Waals surface area contributed by atoms with Crippen LogP contribution in [0.2, 0.25) is 0 Å². The predicted octanol–water partition coefficient (Wildman–Crippen LogP) is 10.7. The molecule has 8 bridgehead atoms. The van der Waals surface area contributed by atoms with Crippen LogP contribution in [0.4, 0.5) is 0 Å². The van der Waals surface area contributed by atoms with E-state index in [4.69, 9.17) is 19.7 Å². The Balaban J connectivity index is 1.33. The number of nitrogens with zero attached hydrogens (tertiary/aromatic N) is 3. The molecule has 2 fully saturated rings. The van der Waals surface area contributed by atoms with Crippen molar-refractivity contribution in [2.24, 2.45) is 26.8 Å². The minimum atomic E-state index is -0.801. The van der Waals surface area contributed by atoms with Crippen molar-refractivity contribution >= 4 is 28.9 Å². The number of allylic oxidation sites excluding steroid dienone is 16. The van der Waals surface area contributed by atoms with Gasteiger partial charge in [-0.05, 0) is 134 Å². The van der Waals surface area contributed by atoms with Crippen LogP contribution in [0.3, 0.4) is 0 Å². The number of hydrogen-bond donors (Lipinski definition) is 3. The van der Waals surface area contributed by atoms with Crippen LogP contribution in [0.5, 0.6) is 0 Å².